The van der Waals surface area contributed by atoms with Crippen LogP contribution >= 0.6 is 23.4 Å². The van der Waals surface area contributed by atoms with Crippen LogP contribution in [0.4, 0.5) is 22.0 Å². The molecule has 0 aliphatic carbocycles. The Labute approximate surface area is 195 Å². The number of aromatic nitrogens is 3. The molecule has 0 fully saturated rings. The molecule has 15 heteroatoms. The Kier molecular flexibility index (Phi) is 7.02. The third-order valence-electron chi connectivity index (χ3n) is 4.09. The summed E-state index contributed by atoms with van der Waals surface area (Å²) < 4.78 is 72.4. The van der Waals surface area contributed by atoms with Gasteiger partial charge in [0.1, 0.15) is 18.2 Å². The first kappa shape index (κ1) is 25.2. The molecule has 0 aliphatic rings. The highest BCUT2D eigenvalue weighted by Gasteiger charge is 2.36. The van der Waals surface area contributed by atoms with Crippen LogP contribution in [-0.4, -0.2) is 26.6 Å². The Morgan fingerprint density at radius 2 is 1.85 bits per heavy atom. The quantitative estimate of drug-likeness (QED) is 0.391. The number of carbonyl (C=O) groups excluding carboxylic acids is 1. The van der Waals surface area contributed by atoms with Crippen LogP contribution in [0, 0.1) is 11.6 Å². The van der Waals surface area contributed by atoms with Gasteiger partial charge in [0.05, 0.1) is 21.8 Å². The molecule has 3 aromatic rings. The van der Waals surface area contributed by atoms with Crippen molar-refractivity contribution in [1.29, 1.82) is 0 Å². The van der Waals surface area contributed by atoms with Crippen LogP contribution in [0.25, 0.3) is 5.69 Å². The molecule has 34 heavy (non-hydrogen) atoms. The van der Waals surface area contributed by atoms with E-state index in [1.165, 1.54) is 6.92 Å². The Bertz CT molecular complexity index is 1410. The molecule has 0 amide bonds. The van der Waals surface area contributed by atoms with E-state index in [-0.39, 0.29) is 48.4 Å². The van der Waals surface area contributed by atoms with E-state index in [9.17, 15) is 36.3 Å². The highest BCUT2D eigenvalue weighted by Crippen LogP contribution is 2.39. The number of hydrogen-bond acceptors (Lipinski definition) is 7. The number of rotatable bonds is 6. The Balaban J connectivity index is 2.14. The normalized spacial score (nSPS) is 11.5. The van der Waals surface area contributed by atoms with Gasteiger partial charge in [-0.2, -0.15) is 13.2 Å². The minimum Gasteiger partial charge on any atom is -0.469 e. The fourth-order valence-electron chi connectivity index (χ4n) is 2.64. The van der Waals surface area contributed by atoms with E-state index in [0.717, 1.165) is 18.3 Å². The fraction of sp³-hybridized carbons (Fsp3) is 0.158. The molecule has 0 radical (unpaired) electrons. The third-order valence-corrected chi connectivity index (χ3v) is 5.58. The number of ketones is 1. The molecule has 0 unspecified atom stereocenters. The minimum absolute atomic E-state index is 0.00305. The summed E-state index contributed by atoms with van der Waals surface area (Å²) in [6, 6.07) is 2.60. The van der Waals surface area contributed by atoms with Crippen LogP contribution in [0.2, 0.25) is 5.02 Å². The van der Waals surface area contributed by atoms with Gasteiger partial charge in [0.15, 0.2) is 11.5 Å². The van der Waals surface area contributed by atoms with Crippen LogP contribution in [0.1, 0.15) is 12.6 Å². The maximum Gasteiger partial charge on any atom is 0.433 e. The predicted octanol–water partition coefficient (Wildman–Crippen LogP) is 3.18. The maximum absolute atomic E-state index is 14.6. The molecule has 180 valence electrons. The molecule has 2 heterocycles. The Hall–Kier alpha value is -3.39. The van der Waals surface area contributed by atoms with Gasteiger partial charge in [-0.15, -0.1) is 0 Å². The lowest BCUT2D eigenvalue weighted by Crippen LogP contribution is -2.45. The molecular weight excluding hydrogens is 511 g/mol. The lowest BCUT2D eigenvalue weighted by molar-refractivity contribution is -0.143. The molecule has 8 nitrogen and oxygen atoms in total. The van der Waals surface area contributed by atoms with E-state index in [1.807, 2.05) is 0 Å². The zero-order valence-electron chi connectivity index (χ0n) is 16.8. The second kappa shape index (κ2) is 9.46. The van der Waals surface area contributed by atoms with Crippen molar-refractivity contribution < 1.29 is 31.5 Å². The molecule has 2 aromatic heterocycles. The topological polar surface area (TPSA) is 109 Å². The largest absolute Gasteiger partial charge is 0.469 e. The minimum atomic E-state index is -5.12. The highest BCUT2D eigenvalue weighted by atomic mass is 35.5. The summed E-state index contributed by atoms with van der Waals surface area (Å²) in [6.07, 6.45) is -4.30. The van der Waals surface area contributed by atoms with Crippen LogP contribution in [0.15, 0.2) is 49.8 Å². The summed E-state index contributed by atoms with van der Waals surface area (Å²) in [5.41, 5.74) is -5.67. The Morgan fingerprint density at radius 1 is 1.18 bits per heavy atom. The third kappa shape index (κ3) is 5.22. The second-order valence-corrected chi connectivity index (χ2v) is 8.13. The second-order valence-electron chi connectivity index (χ2n) is 6.64. The number of carbonyl (C=O) groups is 1. The fourth-order valence-corrected chi connectivity index (χ4v) is 3.84. The van der Waals surface area contributed by atoms with Gasteiger partial charge in [0.2, 0.25) is 5.88 Å². The van der Waals surface area contributed by atoms with Crippen molar-refractivity contribution in [3.8, 4) is 11.6 Å². The summed E-state index contributed by atoms with van der Waals surface area (Å²) in [5, 5.41) is -0.249. The lowest BCUT2D eigenvalue weighted by Gasteiger charge is -2.15. The average molecular weight is 523 g/mol. The first-order valence-electron chi connectivity index (χ1n) is 8.96. The number of nitrogens with zero attached hydrogens (tertiary/aromatic N) is 3. The summed E-state index contributed by atoms with van der Waals surface area (Å²) >= 11 is 6.71. The number of Topliss-reactive ketones (excluding diaryl/α,β-unsaturated/α-hetero) is 1. The van der Waals surface area contributed by atoms with Gasteiger partial charge in [-0.25, -0.2) is 27.8 Å². The first-order valence-corrected chi connectivity index (χ1v) is 10.2. The number of benzene rings is 1. The number of pyridine rings is 1. The first-order chi connectivity index (χ1) is 15.8. The number of nitrogens with two attached hydrogens (primary N) is 1. The Morgan fingerprint density at radius 3 is 2.47 bits per heavy atom. The molecule has 0 atom stereocenters. The molecule has 0 saturated heterocycles. The van der Waals surface area contributed by atoms with E-state index in [0.29, 0.717) is 17.8 Å². The maximum atomic E-state index is 14.6. The molecule has 3 rings (SSSR count). The van der Waals surface area contributed by atoms with Gasteiger partial charge in [-0.3, -0.25) is 9.59 Å². The summed E-state index contributed by atoms with van der Waals surface area (Å²) in [4.78, 5) is 39.5. The van der Waals surface area contributed by atoms with E-state index in [2.05, 4.69) is 4.98 Å². The zero-order chi connectivity index (χ0) is 25.4. The van der Waals surface area contributed by atoms with Crippen molar-refractivity contribution in [2.24, 2.45) is 0 Å². The molecule has 0 aliphatic heterocycles. The van der Waals surface area contributed by atoms with Gasteiger partial charge < -0.3 is 10.6 Å². The van der Waals surface area contributed by atoms with Crippen LogP contribution < -0.4 is 21.8 Å². The molecule has 1 aromatic carbocycles. The van der Waals surface area contributed by atoms with Crippen molar-refractivity contribution in [2.45, 2.75) is 22.9 Å². The number of nitrogen functional groups attached to an aromatic ring is 1. The molecule has 2 N–H and O–H groups in total. The van der Waals surface area contributed by atoms with Crippen molar-refractivity contribution in [3.63, 3.8) is 0 Å². The summed E-state index contributed by atoms with van der Waals surface area (Å²) in [5.74, 6) is 2.65. The number of ether oxygens (including phenoxy) is 1. The van der Waals surface area contributed by atoms with Gasteiger partial charge >= 0.3 is 11.9 Å². The van der Waals surface area contributed by atoms with Crippen molar-refractivity contribution >= 4 is 29.1 Å². The average Bonchev–Trinajstić information content (AvgIpc) is 2.72. The molecule has 0 saturated carbocycles. The van der Waals surface area contributed by atoms with E-state index < -0.39 is 40.4 Å². The van der Waals surface area contributed by atoms with Gasteiger partial charge in [0, 0.05) is 11.0 Å². The van der Waals surface area contributed by atoms with Gasteiger partial charge in [-0.05, 0) is 25.1 Å². The van der Waals surface area contributed by atoms with E-state index in [4.69, 9.17) is 22.2 Å². The monoisotopic (exact) mass is 522 g/mol. The van der Waals surface area contributed by atoms with Crippen molar-refractivity contribution in [1.82, 2.24) is 14.2 Å². The zero-order valence-corrected chi connectivity index (χ0v) is 18.4. The summed E-state index contributed by atoms with van der Waals surface area (Å²) in [6.45, 7) is 0.858. The number of halogens is 6. The number of alkyl halides is 3. The van der Waals surface area contributed by atoms with Crippen LogP contribution in [-0.2, 0) is 11.0 Å². The molecule has 0 bridgehead atoms. The lowest BCUT2D eigenvalue weighted by atomic mass is 10.3. The van der Waals surface area contributed by atoms with Crippen LogP contribution in [0.5, 0.6) is 5.88 Å². The molecular formula is C19H12ClF5N4O4S. The van der Waals surface area contributed by atoms with Gasteiger partial charge in [0.25, 0.3) is 5.56 Å². The van der Waals surface area contributed by atoms with E-state index in [1.54, 1.807) is 0 Å². The number of hydrogen-bond donors (Lipinski definition) is 1. The standard InChI is InChI=1S/C19H12ClF5N4O4S/c1-8(30)7-33-17-14(2-9(21)6-27-17)34-13-4-12(11(22)3-10(13)20)28-16(31)5-15(19(23,24)25)29(26)18(28)32/h2-6H,7,26H2,1H3. The SMILES string of the molecule is CC(=O)COc1ncc(F)cc1Sc1cc(-n2c(=O)cc(C(F)(F)F)n(N)c2=O)c(F)cc1Cl. The van der Waals surface area contributed by atoms with Crippen LogP contribution in [0.3, 0.4) is 0 Å². The van der Waals surface area contributed by atoms with Crippen molar-refractivity contribution in [2.75, 3.05) is 12.4 Å². The predicted molar refractivity (Wildman–Crippen MR) is 111 cm³/mol. The van der Waals surface area contributed by atoms with Gasteiger partial charge in [-0.1, -0.05) is 23.4 Å². The smallest absolute Gasteiger partial charge is 0.433 e. The van der Waals surface area contributed by atoms with E-state index >= 15 is 0 Å². The highest BCUT2D eigenvalue weighted by molar-refractivity contribution is 7.99. The van der Waals surface area contributed by atoms with Crippen molar-refractivity contribution in [3.05, 3.63) is 73.7 Å². The summed E-state index contributed by atoms with van der Waals surface area (Å²) in [7, 11) is 0. The molecule has 0 spiro atoms.